The number of rotatable bonds is 5. The summed E-state index contributed by atoms with van der Waals surface area (Å²) in [6, 6.07) is 5.25. The zero-order valence-electron chi connectivity index (χ0n) is 14.1. The normalized spacial score (nSPS) is 23.5. The van der Waals surface area contributed by atoms with Crippen molar-refractivity contribution in [2.75, 3.05) is 0 Å². The van der Waals surface area contributed by atoms with Crippen LogP contribution in [0.25, 0.3) is 5.65 Å². The number of aromatic nitrogens is 3. The summed E-state index contributed by atoms with van der Waals surface area (Å²) in [4.78, 5) is 36.0. The smallest absolute Gasteiger partial charge is 0.350 e. The number of aliphatic carboxylic acids is 1. The van der Waals surface area contributed by atoms with Crippen LogP contribution in [-0.4, -0.2) is 36.7 Å². The first-order valence-electron chi connectivity index (χ1n) is 8.49. The quantitative estimate of drug-likeness (QED) is 0.841. The second-order valence-corrected chi connectivity index (χ2v) is 6.79. The minimum absolute atomic E-state index is 0.0751. The first kappa shape index (κ1) is 17.2. The van der Waals surface area contributed by atoms with Gasteiger partial charge in [-0.15, -0.1) is 5.10 Å². The highest BCUT2D eigenvalue weighted by Crippen LogP contribution is 2.33. The van der Waals surface area contributed by atoms with Crippen molar-refractivity contribution in [3.05, 3.63) is 34.9 Å². The Morgan fingerprint density at radius 3 is 2.92 bits per heavy atom. The second kappa shape index (κ2) is 6.70. The molecule has 1 aliphatic rings. The van der Waals surface area contributed by atoms with E-state index in [1.165, 1.54) is 9.08 Å². The fourth-order valence-electron chi connectivity index (χ4n) is 3.58. The number of fused-ring (bicyclic) bond motifs is 1. The highest BCUT2D eigenvalue weighted by molar-refractivity contribution is 5.79. The minimum atomic E-state index is -0.876. The maximum Gasteiger partial charge on any atom is 0.350 e. The van der Waals surface area contributed by atoms with Gasteiger partial charge in [0.05, 0.1) is 18.0 Å². The summed E-state index contributed by atoms with van der Waals surface area (Å²) in [5.74, 6) is -1.72. The Hall–Kier alpha value is -2.64. The number of pyridine rings is 1. The lowest BCUT2D eigenvalue weighted by atomic mass is 9.74. The molecule has 3 rings (SSSR count). The van der Waals surface area contributed by atoms with Gasteiger partial charge >= 0.3 is 11.7 Å². The van der Waals surface area contributed by atoms with E-state index in [2.05, 4.69) is 10.4 Å². The van der Waals surface area contributed by atoms with Crippen molar-refractivity contribution < 1.29 is 14.7 Å². The molecule has 0 spiro atoms. The van der Waals surface area contributed by atoms with E-state index >= 15 is 0 Å². The van der Waals surface area contributed by atoms with Crippen molar-refractivity contribution in [3.63, 3.8) is 0 Å². The molecule has 1 aliphatic carbocycles. The molecule has 0 saturated heterocycles. The number of hydrogen-bond acceptors (Lipinski definition) is 4. The Bertz CT molecular complexity index is 856. The third-order valence-corrected chi connectivity index (χ3v) is 4.97. The van der Waals surface area contributed by atoms with Crippen LogP contribution in [0.2, 0.25) is 0 Å². The molecule has 0 bridgehead atoms. The van der Waals surface area contributed by atoms with Gasteiger partial charge in [-0.25, -0.2) is 9.48 Å². The van der Waals surface area contributed by atoms with Crippen LogP contribution in [0, 0.1) is 5.92 Å². The zero-order valence-corrected chi connectivity index (χ0v) is 14.1. The van der Waals surface area contributed by atoms with E-state index in [1.54, 1.807) is 31.3 Å². The van der Waals surface area contributed by atoms with Gasteiger partial charge in [0.25, 0.3) is 0 Å². The van der Waals surface area contributed by atoms with Crippen LogP contribution in [0.1, 0.15) is 39.0 Å². The van der Waals surface area contributed by atoms with Crippen LogP contribution in [0.3, 0.4) is 0 Å². The van der Waals surface area contributed by atoms with Crippen molar-refractivity contribution >= 4 is 17.5 Å². The first-order chi connectivity index (χ1) is 11.9. The van der Waals surface area contributed by atoms with Gasteiger partial charge in [-0.2, -0.15) is 0 Å². The molecule has 2 aromatic rings. The number of carboxylic acids is 1. The Balaban J connectivity index is 1.66. The second-order valence-electron chi connectivity index (χ2n) is 6.79. The summed E-state index contributed by atoms with van der Waals surface area (Å²) < 4.78 is 2.67. The number of amides is 1. The number of carbonyl (C=O) groups is 2. The van der Waals surface area contributed by atoms with Gasteiger partial charge in [0, 0.05) is 12.6 Å². The van der Waals surface area contributed by atoms with Crippen molar-refractivity contribution in [2.24, 2.45) is 5.92 Å². The average Bonchev–Trinajstić information content (AvgIpc) is 2.89. The highest BCUT2D eigenvalue weighted by atomic mass is 16.4. The van der Waals surface area contributed by atoms with E-state index in [9.17, 15) is 19.5 Å². The van der Waals surface area contributed by atoms with Crippen LogP contribution in [0.15, 0.2) is 29.2 Å². The molecule has 134 valence electrons. The Morgan fingerprint density at radius 2 is 2.20 bits per heavy atom. The molecule has 2 unspecified atom stereocenters. The number of hydrogen-bond donors (Lipinski definition) is 2. The topological polar surface area (TPSA) is 106 Å². The summed E-state index contributed by atoms with van der Waals surface area (Å²) in [6.07, 6.45) is 4.67. The predicted molar refractivity (Wildman–Crippen MR) is 90.2 cm³/mol. The van der Waals surface area contributed by atoms with Crippen molar-refractivity contribution in [1.29, 1.82) is 0 Å². The molecule has 2 aromatic heterocycles. The molecule has 25 heavy (non-hydrogen) atoms. The van der Waals surface area contributed by atoms with E-state index in [0.717, 1.165) is 12.8 Å². The average molecular weight is 346 g/mol. The Labute approximate surface area is 144 Å². The Morgan fingerprint density at radius 1 is 1.40 bits per heavy atom. The number of nitrogens with one attached hydrogen (secondary N) is 1. The summed E-state index contributed by atoms with van der Waals surface area (Å²) in [6.45, 7) is 1.94. The lowest BCUT2D eigenvalue weighted by Crippen LogP contribution is -2.55. The maximum absolute atomic E-state index is 12.3. The lowest BCUT2D eigenvalue weighted by molar-refractivity contribution is -0.146. The summed E-state index contributed by atoms with van der Waals surface area (Å²) in [5.41, 5.74) is -0.515. The van der Waals surface area contributed by atoms with Gasteiger partial charge in [-0.05, 0) is 31.9 Å². The molecule has 8 heteroatoms. The molecule has 0 radical (unpaired) electrons. The van der Waals surface area contributed by atoms with Gasteiger partial charge in [0.15, 0.2) is 5.65 Å². The third kappa shape index (κ3) is 3.42. The van der Waals surface area contributed by atoms with Gasteiger partial charge in [0.2, 0.25) is 5.91 Å². The molecule has 1 amide bonds. The molecule has 0 aliphatic heterocycles. The van der Waals surface area contributed by atoms with Crippen LogP contribution in [0.4, 0.5) is 0 Å². The fraction of sp³-hybridized carbons (Fsp3) is 0.529. The SMILES string of the molecule is CC1(NC(=O)CCn2nc3ccccn3c2=O)CCCCC1C(=O)O. The molecular weight excluding hydrogens is 324 g/mol. The molecule has 0 aromatic carbocycles. The van der Waals surface area contributed by atoms with E-state index in [4.69, 9.17) is 0 Å². The van der Waals surface area contributed by atoms with Gasteiger partial charge in [-0.1, -0.05) is 18.9 Å². The predicted octanol–water partition coefficient (Wildman–Crippen LogP) is 1.04. The molecular formula is C17H22N4O4. The van der Waals surface area contributed by atoms with Crippen molar-refractivity contribution in [2.45, 2.75) is 51.1 Å². The zero-order chi connectivity index (χ0) is 18.0. The van der Waals surface area contributed by atoms with E-state index in [1.807, 2.05) is 0 Å². The largest absolute Gasteiger partial charge is 0.481 e. The summed E-state index contributed by atoms with van der Waals surface area (Å²) in [5, 5.41) is 16.5. The van der Waals surface area contributed by atoms with Crippen molar-refractivity contribution in [3.8, 4) is 0 Å². The molecule has 1 fully saturated rings. The van der Waals surface area contributed by atoms with Gasteiger partial charge < -0.3 is 10.4 Å². The third-order valence-electron chi connectivity index (χ3n) is 4.97. The van der Waals surface area contributed by atoms with Crippen molar-refractivity contribution in [1.82, 2.24) is 19.5 Å². The van der Waals surface area contributed by atoms with Crippen LogP contribution in [-0.2, 0) is 16.1 Å². The van der Waals surface area contributed by atoms with E-state index in [-0.39, 0.29) is 24.6 Å². The fourth-order valence-corrected chi connectivity index (χ4v) is 3.58. The van der Waals surface area contributed by atoms with E-state index in [0.29, 0.717) is 18.5 Å². The number of carboxylic acid groups (broad SMARTS) is 1. The molecule has 1 saturated carbocycles. The number of nitrogens with zero attached hydrogens (tertiary/aromatic N) is 3. The van der Waals surface area contributed by atoms with Crippen LogP contribution in [0.5, 0.6) is 0 Å². The lowest BCUT2D eigenvalue weighted by Gasteiger charge is -2.39. The van der Waals surface area contributed by atoms with Gasteiger partial charge in [0.1, 0.15) is 0 Å². The van der Waals surface area contributed by atoms with Crippen LogP contribution >= 0.6 is 0 Å². The monoisotopic (exact) mass is 346 g/mol. The molecule has 2 N–H and O–H groups in total. The number of aryl methyl sites for hydroxylation is 1. The van der Waals surface area contributed by atoms with Gasteiger partial charge in [-0.3, -0.25) is 14.0 Å². The summed E-state index contributed by atoms with van der Waals surface area (Å²) in [7, 11) is 0. The van der Waals surface area contributed by atoms with Crippen LogP contribution < -0.4 is 11.0 Å². The van der Waals surface area contributed by atoms with E-state index < -0.39 is 17.4 Å². The molecule has 2 heterocycles. The number of carbonyl (C=O) groups excluding carboxylic acids is 1. The summed E-state index contributed by atoms with van der Waals surface area (Å²) >= 11 is 0. The molecule has 8 nitrogen and oxygen atoms in total. The minimum Gasteiger partial charge on any atom is -0.481 e. The molecule has 2 atom stereocenters. The standard InChI is InChI=1S/C17H22N4O4/c1-17(9-4-2-6-12(17)15(23)24)18-14(22)8-11-21-16(25)20-10-5-3-7-13(20)19-21/h3,5,7,10,12H,2,4,6,8-9,11H2,1H3,(H,18,22)(H,23,24). The maximum atomic E-state index is 12.3. The highest BCUT2D eigenvalue weighted by Gasteiger charge is 2.42. The Kier molecular flexibility index (Phi) is 4.61. The first-order valence-corrected chi connectivity index (χ1v) is 8.49.